The number of para-hydroxylation sites is 2. The van der Waals surface area contributed by atoms with E-state index in [2.05, 4.69) is 5.32 Å². The third-order valence-corrected chi connectivity index (χ3v) is 6.17. The van der Waals surface area contributed by atoms with Crippen molar-refractivity contribution in [2.45, 2.75) is 19.4 Å². The zero-order chi connectivity index (χ0) is 23.6. The molecule has 4 rings (SSSR count). The van der Waals surface area contributed by atoms with Gasteiger partial charge in [0.2, 0.25) is 5.91 Å². The molecular formula is C25H21FN2O4S. The van der Waals surface area contributed by atoms with Gasteiger partial charge in [0.15, 0.2) is 6.61 Å². The number of carbonyl (C=O) groups is 3. The van der Waals surface area contributed by atoms with Crippen molar-refractivity contribution in [1.82, 2.24) is 0 Å². The lowest BCUT2D eigenvalue weighted by Gasteiger charge is -2.41. The Morgan fingerprint density at radius 2 is 1.82 bits per heavy atom. The highest BCUT2D eigenvalue weighted by Gasteiger charge is 2.43. The van der Waals surface area contributed by atoms with E-state index >= 15 is 0 Å². The number of fused-ring (bicyclic) bond motifs is 1. The van der Waals surface area contributed by atoms with Crippen LogP contribution < -0.4 is 10.2 Å². The number of hydrogen-bond acceptors (Lipinski definition) is 5. The molecule has 1 aliphatic heterocycles. The molecule has 1 N–H and O–H groups in total. The topological polar surface area (TPSA) is 75.7 Å². The predicted molar refractivity (Wildman–Crippen MR) is 126 cm³/mol. The molecule has 0 aliphatic carbocycles. The fraction of sp³-hybridized carbons (Fsp3) is 0.160. The van der Waals surface area contributed by atoms with Crippen LogP contribution in [-0.4, -0.2) is 29.9 Å². The summed E-state index contributed by atoms with van der Waals surface area (Å²) in [5.41, 5.74) is 0.741. The number of ether oxygens (including phenoxy) is 1. The van der Waals surface area contributed by atoms with Gasteiger partial charge in [0.25, 0.3) is 5.91 Å². The monoisotopic (exact) mass is 464 g/mol. The molecule has 3 aromatic rings. The van der Waals surface area contributed by atoms with Crippen LogP contribution in [0.1, 0.15) is 24.3 Å². The van der Waals surface area contributed by atoms with Gasteiger partial charge in [-0.15, -0.1) is 11.3 Å². The summed E-state index contributed by atoms with van der Waals surface area (Å²) in [5.74, 6) is -1.94. The molecule has 0 bridgehead atoms. The Balaban J connectivity index is 1.57. The van der Waals surface area contributed by atoms with Crippen LogP contribution in [0.5, 0.6) is 0 Å². The van der Waals surface area contributed by atoms with E-state index in [1.54, 1.807) is 68.5 Å². The Labute approximate surface area is 194 Å². The summed E-state index contributed by atoms with van der Waals surface area (Å²) < 4.78 is 18.6. The lowest BCUT2D eigenvalue weighted by molar-refractivity contribution is -0.142. The summed E-state index contributed by atoms with van der Waals surface area (Å²) in [6.45, 7) is 2.71. The van der Waals surface area contributed by atoms with Crippen molar-refractivity contribution >= 4 is 52.1 Å². The molecule has 1 aliphatic rings. The van der Waals surface area contributed by atoms with Crippen molar-refractivity contribution in [2.75, 3.05) is 16.8 Å². The van der Waals surface area contributed by atoms with Crippen LogP contribution in [0.25, 0.3) is 11.6 Å². The molecule has 0 saturated heterocycles. The first-order chi connectivity index (χ1) is 15.8. The van der Waals surface area contributed by atoms with Crippen LogP contribution in [0.3, 0.4) is 0 Å². The zero-order valence-electron chi connectivity index (χ0n) is 18.0. The molecule has 33 heavy (non-hydrogen) atoms. The van der Waals surface area contributed by atoms with Crippen molar-refractivity contribution in [2.24, 2.45) is 0 Å². The highest BCUT2D eigenvalue weighted by Crippen LogP contribution is 2.36. The maximum atomic E-state index is 13.3. The summed E-state index contributed by atoms with van der Waals surface area (Å²) in [5, 5.41) is 4.61. The first-order valence-electron chi connectivity index (χ1n) is 10.2. The van der Waals surface area contributed by atoms with Crippen LogP contribution in [-0.2, 0) is 19.1 Å². The number of benzene rings is 2. The Morgan fingerprint density at radius 1 is 1.09 bits per heavy atom. The van der Waals surface area contributed by atoms with Crippen LogP contribution in [0, 0.1) is 5.82 Å². The quantitative estimate of drug-likeness (QED) is 0.437. The van der Waals surface area contributed by atoms with E-state index in [1.165, 1.54) is 28.4 Å². The van der Waals surface area contributed by atoms with Gasteiger partial charge in [-0.25, -0.2) is 9.18 Å². The second kappa shape index (κ2) is 8.99. The van der Waals surface area contributed by atoms with Gasteiger partial charge in [-0.2, -0.15) is 0 Å². The van der Waals surface area contributed by atoms with Crippen LogP contribution in [0.4, 0.5) is 15.8 Å². The SMILES string of the molecule is CC1(C)C(=O)Nc2ccccc2N1C(=O)COC(=O)/C(=C/c1ccc(F)cc1)c1cccs1. The van der Waals surface area contributed by atoms with E-state index in [0.717, 1.165) is 0 Å². The van der Waals surface area contributed by atoms with Gasteiger partial charge < -0.3 is 10.1 Å². The molecular weight excluding hydrogens is 443 g/mol. The lowest BCUT2D eigenvalue weighted by Crippen LogP contribution is -2.59. The highest BCUT2D eigenvalue weighted by molar-refractivity contribution is 7.11. The molecule has 6 nitrogen and oxygen atoms in total. The first kappa shape index (κ1) is 22.4. The van der Waals surface area contributed by atoms with E-state index in [4.69, 9.17) is 4.74 Å². The van der Waals surface area contributed by atoms with Gasteiger partial charge in [0.1, 0.15) is 11.4 Å². The van der Waals surface area contributed by atoms with Gasteiger partial charge in [0, 0.05) is 4.88 Å². The summed E-state index contributed by atoms with van der Waals surface area (Å²) >= 11 is 1.34. The number of nitrogens with one attached hydrogen (secondary N) is 1. The standard InChI is InChI=1S/C25H21FN2O4S/c1-25(2)24(31)27-19-6-3-4-7-20(19)28(25)22(29)15-32-23(30)18(21-8-5-13-33-21)14-16-9-11-17(26)12-10-16/h3-14H,15H2,1-2H3,(H,27,31)/b18-14+. The van der Waals surface area contributed by atoms with Crippen molar-refractivity contribution < 1.29 is 23.5 Å². The molecule has 0 spiro atoms. The molecule has 0 saturated carbocycles. The number of carbonyl (C=O) groups excluding carboxylic acids is 3. The number of halogens is 1. The highest BCUT2D eigenvalue weighted by atomic mass is 32.1. The number of thiophene rings is 1. The molecule has 8 heteroatoms. The average Bonchev–Trinajstić information content (AvgIpc) is 3.32. The predicted octanol–water partition coefficient (Wildman–Crippen LogP) is 4.73. The summed E-state index contributed by atoms with van der Waals surface area (Å²) in [6.07, 6.45) is 1.59. The van der Waals surface area contributed by atoms with Crippen molar-refractivity contribution in [1.29, 1.82) is 0 Å². The Bertz CT molecular complexity index is 1230. The average molecular weight is 465 g/mol. The number of rotatable bonds is 5. The van der Waals surface area contributed by atoms with Gasteiger partial charge in [-0.05, 0) is 61.2 Å². The van der Waals surface area contributed by atoms with Gasteiger partial charge in [0.05, 0.1) is 16.9 Å². The van der Waals surface area contributed by atoms with E-state index in [9.17, 15) is 18.8 Å². The third kappa shape index (κ3) is 4.56. The normalized spacial score (nSPS) is 14.9. The second-order valence-corrected chi connectivity index (χ2v) is 8.87. The van der Waals surface area contributed by atoms with Crippen molar-refractivity contribution in [3.63, 3.8) is 0 Å². The number of nitrogens with zero attached hydrogens (tertiary/aromatic N) is 1. The van der Waals surface area contributed by atoms with Crippen molar-refractivity contribution in [3.05, 3.63) is 82.3 Å². The number of anilines is 2. The molecule has 0 unspecified atom stereocenters. The Morgan fingerprint density at radius 3 is 2.52 bits per heavy atom. The first-order valence-corrected chi connectivity index (χ1v) is 11.1. The molecule has 0 fully saturated rings. The Kier molecular flexibility index (Phi) is 6.11. The minimum atomic E-state index is -1.17. The number of esters is 1. The van der Waals surface area contributed by atoms with Crippen molar-refractivity contribution in [3.8, 4) is 0 Å². The largest absolute Gasteiger partial charge is 0.452 e. The van der Waals surface area contributed by atoms with Gasteiger partial charge in [-0.1, -0.05) is 30.3 Å². The minimum absolute atomic E-state index is 0.250. The van der Waals surface area contributed by atoms with E-state index in [-0.39, 0.29) is 17.3 Å². The Hall–Kier alpha value is -3.78. The van der Waals surface area contributed by atoms with E-state index < -0.39 is 24.0 Å². The molecule has 1 aromatic heterocycles. The second-order valence-electron chi connectivity index (χ2n) is 7.92. The molecule has 0 atom stereocenters. The van der Waals surface area contributed by atoms with Crippen LogP contribution in [0.2, 0.25) is 0 Å². The summed E-state index contributed by atoms with van der Waals surface area (Å²) in [4.78, 5) is 40.7. The van der Waals surface area contributed by atoms with E-state index in [1.807, 2.05) is 5.38 Å². The fourth-order valence-electron chi connectivity index (χ4n) is 3.56. The lowest BCUT2D eigenvalue weighted by atomic mass is 9.96. The van der Waals surface area contributed by atoms with Gasteiger partial charge in [-0.3, -0.25) is 14.5 Å². The van der Waals surface area contributed by atoms with Crippen LogP contribution >= 0.6 is 11.3 Å². The summed E-state index contributed by atoms with van der Waals surface area (Å²) in [6, 6.07) is 16.2. The number of hydrogen-bond donors (Lipinski definition) is 1. The van der Waals surface area contributed by atoms with Crippen LogP contribution in [0.15, 0.2) is 66.0 Å². The van der Waals surface area contributed by atoms with Gasteiger partial charge >= 0.3 is 5.97 Å². The molecule has 2 aromatic carbocycles. The molecule has 2 heterocycles. The minimum Gasteiger partial charge on any atom is -0.452 e. The molecule has 0 radical (unpaired) electrons. The number of amides is 2. The molecule has 168 valence electrons. The third-order valence-electron chi connectivity index (χ3n) is 5.27. The molecule has 2 amide bonds. The summed E-state index contributed by atoms with van der Waals surface area (Å²) in [7, 11) is 0. The fourth-order valence-corrected chi connectivity index (χ4v) is 4.29. The zero-order valence-corrected chi connectivity index (χ0v) is 18.8. The maximum absolute atomic E-state index is 13.3. The smallest absolute Gasteiger partial charge is 0.340 e. The maximum Gasteiger partial charge on any atom is 0.340 e. The van der Waals surface area contributed by atoms with E-state index in [0.29, 0.717) is 21.8 Å².